The van der Waals surface area contributed by atoms with Crippen molar-refractivity contribution in [1.29, 1.82) is 0 Å². The quantitative estimate of drug-likeness (QED) is 0.868. The lowest BCUT2D eigenvalue weighted by molar-refractivity contribution is 0.223. The zero-order valence-corrected chi connectivity index (χ0v) is 13.3. The van der Waals surface area contributed by atoms with E-state index < -0.39 is 0 Å². The molecule has 0 radical (unpaired) electrons. The average molecular weight is 283 g/mol. The lowest BCUT2D eigenvalue weighted by Crippen LogP contribution is -2.35. The predicted molar refractivity (Wildman–Crippen MR) is 88.2 cm³/mol. The molecule has 114 valence electrons. The normalized spacial score (nSPS) is 39.2. The first-order valence-electron chi connectivity index (χ1n) is 9.13. The standard InChI is InChI=1S/C20H29N/c1-2-13-7-9-15(10-8-13)20(21)19-17-12-11-14-5-3-4-6-16(14)18(17)19/h3-6,13,15,17-20H,2,7-12,21H2,1H3. The van der Waals surface area contributed by atoms with Gasteiger partial charge >= 0.3 is 0 Å². The minimum absolute atomic E-state index is 0.462. The first kappa shape index (κ1) is 13.8. The molecule has 2 saturated carbocycles. The lowest BCUT2D eigenvalue weighted by atomic mass is 9.76. The van der Waals surface area contributed by atoms with Crippen LogP contribution in [0.1, 0.15) is 62.5 Å². The summed E-state index contributed by atoms with van der Waals surface area (Å²) >= 11 is 0. The molecular weight excluding hydrogens is 254 g/mol. The second kappa shape index (κ2) is 5.43. The largest absolute Gasteiger partial charge is 0.327 e. The Balaban J connectivity index is 1.45. The molecule has 0 aromatic heterocycles. The summed E-state index contributed by atoms with van der Waals surface area (Å²) in [4.78, 5) is 0. The number of hydrogen-bond donors (Lipinski definition) is 1. The van der Waals surface area contributed by atoms with E-state index in [0.717, 1.165) is 29.6 Å². The molecular formula is C20H29N. The average Bonchev–Trinajstić information content (AvgIpc) is 3.29. The third-order valence-corrected chi connectivity index (χ3v) is 6.85. The van der Waals surface area contributed by atoms with E-state index in [-0.39, 0.29) is 0 Å². The molecule has 0 aliphatic heterocycles. The molecule has 0 amide bonds. The van der Waals surface area contributed by atoms with Gasteiger partial charge in [0.15, 0.2) is 0 Å². The van der Waals surface area contributed by atoms with Crippen molar-refractivity contribution in [2.75, 3.05) is 0 Å². The Morgan fingerprint density at radius 3 is 2.62 bits per heavy atom. The Labute approximate surface area is 129 Å². The molecule has 2 N–H and O–H groups in total. The highest BCUT2D eigenvalue weighted by atomic mass is 14.8. The molecule has 3 aliphatic rings. The maximum absolute atomic E-state index is 6.76. The molecule has 1 heteroatoms. The van der Waals surface area contributed by atoms with Crippen LogP contribution in [0, 0.1) is 23.7 Å². The Morgan fingerprint density at radius 2 is 1.86 bits per heavy atom. The second-order valence-corrected chi connectivity index (χ2v) is 7.77. The summed E-state index contributed by atoms with van der Waals surface area (Å²) in [5.41, 5.74) is 9.99. The van der Waals surface area contributed by atoms with Gasteiger partial charge in [-0.3, -0.25) is 0 Å². The van der Waals surface area contributed by atoms with Gasteiger partial charge in [-0.05, 0) is 66.4 Å². The highest BCUT2D eigenvalue weighted by molar-refractivity contribution is 5.40. The second-order valence-electron chi connectivity index (χ2n) is 7.77. The molecule has 21 heavy (non-hydrogen) atoms. The van der Waals surface area contributed by atoms with Gasteiger partial charge in [0.2, 0.25) is 0 Å². The monoisotopic (exact) mass is 283 g/mol. The number of fused-ring (bicyclic) bond motifs is 3. The van der Waals surface area contributed by atoms with Gasteiger partial charge in [0.05, 0.1) is 0 Å². The highest BCUT2D eigenvalue weighted by Crippen LogP contribution is 2.62. The van der Waals surface area contributed by atoms with Crippen molar-refractivity contribution < 1.29 is 0 Å². The van der Waals surface area contributed by atoms with Crippen LogP contribution in [0.5, 0.6) is 0 Å². The molecule has 2 fully saturated rings. The van der Waals surface area contributed by atoms with Crippen LogP contribution < -0.4 is 5.73 Å². The van der Waals surface area contributed by atoms with Crippen LogP contribution in [0.3, 0.4) is 0 Å². The minimum Gasteiger partial charge on any atom is -0.327 e. The highest BCUT2D eigenvalue weighted by Gasteiger charge is 2.56. The van der Waals surface area contributed by atoms with Crippen LogP contribution in [-0.4, -0.2) is 6.04 Å². The van der Waals surface area contributed by atoms with Gasteiger partial charge < -0.3 is 5.73 Å². The van der Waals surface area contributed by atoms with E-state index in [1.54, 1.807) is 11.1 Å². The molecule has 1 aromatic carbocycles. The van der Waals surface area contributed by atoms with Crippen LogP contribution >= 0.6 is 0 Å². The number of nitrogens with two attached hydrogens (primary N) is 1. The van der Waals surface area contributed by atoms with Gasteiger partial charge in [0.1, 0.15) is 0 Å². The first-order valence-corrected chi connectivity index (χ1v) is 9.13. The van der Waals surface area contributed by atoms with E-state index in [0.29, 0.717) is 6.04 Å². The molecule has 4 rings (SSSR count). The van der Waals surface area contributed by atoms with Crippen LogP contribution in [0.25, 0.3) is 0 Å². The Bertz CT molecular complexity index is 500. The van der Waals surface area contributed by atoms with Crippen LogP contribution in [0.2, 0.25) is 0 Å². The van der Waals surface area contributed by atoms with Gasteiger partial charge in [0, 0.05) is 6.04 Å². The van der Waals surface area contributed by atoms with E-state index in [4.69, 9.17) is 5.73 Å². The number of benzene rings is 1. The summed E-state index contributed by atoms with van der Waals surface area (Å²) in [6.07, 6.45) is 9.65. The van der Waals surface area contributed by atoms with Gasteiger partial charge in [-0.1, -0.05) is 50.5 Å². The van der Waals surface area contributed by atoms with E-state index in [9.17, 15) is 0 Å². The fraction of sp³-hybridized carbons (Fsp3) is 0.700. The molecule has 0 heterocycles. The van der Waals surface area contributed by atoms with Gasteiger partial charge in [0.25, 0.3) is 0 Å². The van der Waals surface area contributed by atoms with Crippen molar-refractivity contribution in [1.82, 2.24) is 0 Å². The van der Waals surface area contributed by atoms with Gasteiger partial charge in [-0.2, -0.15) is 0 Å². The number of hydrogen-bond acceptors (Lipinski definition) is 1. The van der Waals surface area contributed by atoms with Gasteiger partial charge in [-0.25, -0.2) is 0 Å². The van der Waals surface area contributed by atoms with Crippen LogP contribution in [0.4, 0.5) is 0 Å². The zero-order chi connectivity index (χ0) is 14.4. The molecule has 0 spiro atoms. The molecule has 0 saturated heterocycles. The Hall–Kier alpha value is -0.820. The van der Waals surface area contributed by atoms with Crippen molar-refractivity contribution in [3.8, 4) is 0 Å². The van der Waals surface area contributed by atoms with Gasteiger partial charge in [-0.15, -0.1) is 0 Å². The molecule has 0 bridgehead atoms. The summed E-state index contributed by atoms with van der Waals surface area (Å²) in [5, 5.41) is 0. The maximum Gasteiger partial charge on any atom is 0.0104 e. The van der Waals surface area contributed by atoms with E-state index in [1.807, 2.05) is 0 Å². The third kappa shape index (κ3) is 2.34. The number of rotatable bonds is 3. The topological polar surface area (TPSA) is 26.0 Å². The molecule has 4 atom stereocenters. The van der Waals surface area contributed by atoms with Crippen LogP contribution in [0.15, 0.2) is 24.3 Å². The smallest absolute Gasteiger partial charge is 0.0104 e. The molecule has 3 aliphatic carbocycles. The predicted octanol–water partition coefficient (Wildman–Crippen LogP) is 4.51. The van der Waals surface area contributed by atoms with Crippen molar-refractivity contribution in [3.05, 3.63) is 35.4 Å². The molecule has 1 nitrogen and oxygen atoms in total. The van der Waals surface area contributed by atoms with E-state index in [1.165, 1.54) is 44.9 Å². The molecule has 4 unspecified atom stereocenters. The number of aryl methyl sites for hydroxylation is 1. The summed E-state index contributed by atoms with van der Waals surface area (Å²) in [5.74, 6) is 4.27. The van der Waals surface area contributed by atoms with Crippen molar-refractivity contribution in [2.45, 2.75) is 63.8 Å². The van der Waals surface area contributed by atoms with E-state index >= 15 is 0 Å². The van der Waals surface area contributed by atoms with Crippen molar-refractivity contribution in [3.63, 3.8) is 0 Å². The lowest BCUT2D eigenvalue weighted by Gasteiger charge is -2.32. The SMILES string of the molecule is CCC1CCC(C(N)C2C3CCc4ccccc4C32)CC1. The fourth-order valence-electron chi connectivity index (χ4n) is 5.44. The van der Waals surface area contributed by atoms with Crippen molar-refractivity contribution >= 4 is 0 Å². The maximum atomic E-state index is 6.76. The first-order chi connectivity index (χ1) is 10.3. The summed E-state index contributed by atoms with van der Waals surface area (Å²) < 4.78 is 0. The van der Waals surface area contributed by atoms with Crippen LogP contribution in [-0.2, 0) is 6.42 Å². The summed E-state index contributed by atoms with van der Waals surface area (Å²) in [7, 11) is 0. The Kier molecular flexibility index (Phi) is 3.57. The minimum atomic E-state index is 0.462. The summed E-state index contributed by atoms with van der Waals surface area (Å²) in [6, 6.07) is 9.58. The summed E-state index contributed by atoms with van der Waals surface area (Å²) in [6.45, 7) is 2.34. The van der Waals surface area contributed by atoms with E-state index in [2.05, 4.69) is 31.2 Å². The third-order valence-electron chi connectivity index (χ3n) is 6.85. The fourth-order valence-corrected chi connectivity index (χ4v) is 5.44. The zero-order valence-electron chi connectivity index (χ0n) is 13.3. The Morgan fingerprint density at radius 1 is 1.10 bits per heavy atom. The van der Waals surface area contributed by atoms with Crippen molar-refractivity contribution in [2.24, 2.45) is 29.4 Å². The molecule has 1 aromatic rings.